The van der Waals surface area contributed by atoms with Crippen molar-refractivity contribution in [2.45, 2.75) is 6.92 Å². The van der Waals surface area contributed by atoms with Crippen molar-refractivity contribution >= 4 is 55.8 Å². The molecule has 0 aliphatic heterocycles. The third-order valence-electron chi connectivity index (χ3n) is 3.20. The molecule has 1 heterocycles. The molecule has 0 atom stereocenters. The number of thiazole rings is 1. The molecule has 0 unspecified atom stereocenters. The number of hydrogen-bond donors (Lipinski definition) is 1. The zero-order valence-electron chi connectivity index (χ0n) is 13.2. The van der Waals surface area contributed by atoms with Crippen molar-refractivity contribution in [1.29, 1.82) is 0 Å². The van der Waals surface area contributed by atoms with Crippen LogP contribution in [0.5, 0.6) is 11.5 Å². The van der Waals surface area contributed by atoms with Crippen LogP contribution in [0.4, 0.5) is 5.13 Å². The van der Waals surface area contributed by atoms with Crippen LogP contribution in [0.2, 0.25) is 10.0 Å². The predicted molar refractivity (Wildman–Crippen MR) is 101 cm³/mol. The average Bonchev–Trinajstić information content (AvgIpc) is 3.03. The van der Waals surface area contributed by atoms with Crippen LogP contribution in [-0.4, -0.2) is 24.1 Å². The standard InChI is InChI=1S/C17H14Cl2N2O3S/c1-2-23-10-3-5-11(6-4-10)24-9-14(22)20-17-21-15-12(18)7-8-13(19)16(15)25-17/h3-8H,2,9H2,1H3,(H,20,21,22). The molecule has 3 aromatic rings. The fraction of sp³-hybridized carbons (Fsp3) is 0.176. The summed E-state index contributed by atoms with van der Waals surface area (Å²) < 4.78 is 11.5. The zero-order chi connectivity index (χ0) is 17.8. The van der Waals surface area contributed by atoms with Gasteiger partial charge in [-0.15, -0.1) is 0 Å². The van der Waals surface area contributed by atoms with E-state index in [0.29, 0.717) is 33.0 Å². The van der Waals surface area contributed by atoms with Crippen molar-refractivity contribution in [2.24, 2.45) is 0 Å². The zero-order valence-corrected chi connectivity index (χ0v) is 15.5. The van der Waals surface area contributed by atoms with Crippen LogP contribution < -0.4 is 14.8 Å². The van der Waals surface area contributed by atoms with E-state index in [1.165, 1.54) is 11.3 Å². The molecule has 0 saturated carbocycles. The Morgan fingerprint density at radius 3 is 2.36 bits per heavy atom. The molecule has 0 spiro atoms. The van der Waals surface area contributed by atoms with E-state index in [-0.39, 0.29) is 12.5 Å². The first-order valence-corrected chi connectivity index (χ1v) is 9.04. The summed E-state index contributed by atoms with van der Waals surface area (Å²) in [6, 6.07) is 10.4. The minimum Gasteiger partial charge on any atom is -0.494 e. The molecule has 1 N–H and O–H groups in total. The summed E-state index contributed by atoms with van der Waals surface area (Å²) in [5.74, 6) is 1.01. The van der Waals surface area contributed by atoms with Crippen LogP contribution in [0.1, 0.15) is 6.92 Å². The largest absolute Gasteiger partial charge is 0.494 e. The number of amides is 1. The second-order valence-electron chi connectivity index (χ2n) is 4.97. The molecule has 0 aliphatic rings. The summed E-state index contributed by atoms with van der Waals surface area (Å²) in [6.45, 7) is 2.38. The Kier molecular flexibility index (Phi) is 5.63. The molecule has 5 nitrogen and oxygen atoms in total. The van der Waals surface area contributed by atoms with Crippen molar-refractivity contribution in [1.82, 2.24) is 4.98 Å². The Labute approximate surface area is 158 Å². The first-order chi connectivity index (χ1) is 12.1. The van der Waals surface area contributed by atoms with Gasteiger partial charge in [-0.2, -0.15) is 0 Å². The molecule has 0 radical (unpaired) electrons. The van der Waals surface area contributed by atoms with Gasteiger partial charge in [0, 0.05) is 0 Å². The minimum atomic E-state index is -0.319. The fourth-order valence-corrected chi connectivity index (χ4v) is 3.54. The number of aromatic nitrogens is 1. The van der Waals surface area contributed by atoms with Crippen LogP contribution in [0.25, 0.3) is 10.2 Å². The molecule has 0 aliphatic carbocycles. The number of ether oxygens (including phenoxy) is 2. The highest BCUT2D eigenvalue weighted by atomic mass is 35.5. The van der Waals surface area contributed by atoms with Gasteiger partial charge in [0.25, 0.3) is 5.91 Å². The van der Waals surface area contributed by atoms with E-state index >= 15 is 0 Å². The van der Waals surface area contributed by atoms with Gasteiger partial charge >= 0.3 is 0 Å². The SMILES string of the molecule is CCOc1ccc(OCC(=O)Nc2nc3c(Cl)ccc(Cl)c3s2)cc1. The van der Waals surface area contributed by atoms with Crippen LogP contribution >= 0.6 is 34.5 Å². The van der Waals surface area contributed by atoms with Gasteiger partial charge in [-0.25, -0.2) is 4.98 Å². The highest BCUT2D eigenvalue weighted by Gasteiger charge is 2.13. The lowest BCUT2D eigenvalue weighted by Gasteiger charge is -2.07. The molecular formula is C17H14Cl2N2O3S. The third kappa shape index (κ3) is 4.34. The van der Waals surface area contributed by atoms with Crippen molar-refractivity contribution in [3.63, 3.8) is 0 Å². The van der Waals surface area contributed by atoms with E-state index in [2.05, 4.69) is 10.3 Å². The van der Waals surface area contributed by atoms with Crippen molar-refractivity contribution in [3.05, 3.63) is 46.4 Å². The monoisotopic (exact) mass is 396 g/mol. The summed E-state index contributed by atoms with van der Waals surface area (Å²) in [4.78, 5) is 16.3. The molecule has 1 amide bonds. The molecule has 8 heteroatoms. The molecule has 0 fully saturated rings. The van der Waals surface area contributed by atoms with E-state index in [0.717, 1.165) is 10.4 Å². The molecule has 130 valence electrons. The van der Waals surface area contributed by atoms with Crippen molar-refractivity contribution in [3.8, 4) is 11.5 Å². The van der Waals surface area contributed by atoms with E-state index in [1.807, 2.05) is 6.92 Å². The number of benzene rings is 2. The summed E-state index contributed by atoms with van der Waals surface area (Å²) in [7, 11) is 0. The summed E-state index contributed by atoms with van der Waals surface area (Å²) in [5, 5.41) is 4.14. The fourth-order valence-electron chi connectivity index (χ4n) is 2.10. The van der Waals surface area contributed by atoms with Crippen molar-refractivity contribution in [2.75, 3.05) is 18.5 Å². The first kappa shape index (κ1) is 17.8. The molecule has 0 bridgehead atoms. The Morgan fingerprint density at radius 2 is 1.72 bits per heavy atom. The lowest BCUT2D eigenvalue weighted by Crippen LogP contribution is -2.19. The summed E-state index contributed by atoms with van der Waals surface area (Å²) >= 11 is 13.5. The minimum absolute atomic E-state index is 0.134. The van der Waals surface area contributed by atoms with E-state index < -0.39 is 0 Å². The highest BCUT2D eigenvalue weighted by Crippen LogP contribution is 2.35. The number of nitrogens with one attached hydrogen (secondary N) is 1. The normalized spacial score (nSPS) is 10.7. The topological polar surface area (TPSA) is 60.5 Å². The second-order valence-corrected chi connectivity index (χ2v) is 6.78. The van der Waals surface area contributed by atoms with Gasteiger partial charge in [-0.3, -0.25) is 10.1 Å². The number of anilines is 1. The lowest BCUT2D eigenvalue weighted by atomic mass is 10.3. The molecule has 0 saturated heterocycles. The number of nitrogens with zero attached hydrogens (tertiary/aromatic N) is 1. The Morgan fingerprint density at radius 1 is 1.08 bits per heavy atom. The third-order valence-corrected chi connectivity index (χ3v) is 4.93. The molecule has 25 heavy (non-hydrogen) atoms. The average molecular weight is 397 g/mol. The number of rotatable bonds is 6. The number of fused-ring (bicyclic) bond motifs is 1. The van der Waals surface area contributed by atoms with Gasteiger partial charge in [-0.1, -0.05) is 34.5 Å². The van der Waals surface area contributed by atoms with E-state index in [4.69, 9.17) is 32.7 Å². The summed E-state index contributed by atoms with van der Waals surface area (Å²) in [5.41, 5.74) is 0.571. The van der Waals surface area contributed by atoms with Gasteiger partial charge < -0.3 is 9.47 Å². The Bertz CT molecular complexity index is 858. The maximum atomic E-state index is 12.0. The second kappa shape index (κ2) is 7.91. The van der Waals surface area contributed by atoms with Gasteiger partial charge in [0.05, 0.1) is 21.4 Å². The van der Waals surface area contributed by atoms with Crippen LogP contribution in [0.3, 0.4) is 0 Å². The molecule has 1 aromatic heterocycles. The maximum absolute atomic E-state index is 12.0. The van der Waals surface area contributed by atoms with Gasteiger partial charge in [0.2, 0.25) is 0 Å². The Balaban J connectivity index is 1.61. The quantitative estimate of drug-likeness (QED) is 0.635. The van der Waals surface area contributed by atoms with Gasteiger partial charge in [0.15, 0.2) is 11.7 Å². The highest BCUT2D eigenvalue weighted by molar-refractivity contribution is 7.23. The predicted octanol–water partition coefficient (Wildman–Crippen LogP) is 5.02. The number of carbonyl (C=O) groups is 1. The van der Waals surface area contributed by atoms with E-state index in [9.17, 15) is 4.79 Å². The Hall–Kier alpha value is -2.02. The number of halogens is 2. The molecule has 2 aromatic carbocycles. The lowest BCUT2D eigenvalue weighted by molar-refractivity contribution is -0.118. The van der Waals surface area contributed by atoms with E-state index in [1.54, 1.807) is 36.4 Å². The van der Waals surface area contributed by atoms with Crippen molar-refractivity contribution < 1.29 is 14.3 Å². The number of carbonyl (C=O) groups excluding carboxylic acids is 1. The van der Waals surface area contributed by atoms with Gasteiger partial charge in [0.1, 0.15) is 17.0 Å². The smallest absolute Gasteiger partial charge is 0.264 e. The molecule has 3 rings (SSSR count). The maximum Gasteiger partial charge on any atom is 0.264 e. The summed E-state index contributed by atoms with van der Waals surface area (Å²) in [6.07, 6.45) is 0. The van der Waals surface area contributed by atoms with Crippen LogP contribution in [0.15, 0.2) is 36.4 Å². The number of hydrogen-bond acceptors (Lipinski definition) is 5. The molecular weight excluding hydrogens is 383 g/mol. The van der Waals surface area contributed by atoms with Gasteiger partial charge in [-0.05, 0) is 43.3 Å². The first-order valence-electron chi connectivity index (χ1n) is 7.47. The van der Waals surface area contributed by atoms with Crippen LogP contribution in [-0.2, 0) is 4.79 Å². The van der Waals surface area contributed by atoms with Crippen LogP contribution in [0, 0.1) is 0 Å².